The molecule has 0 aliphatic carbocycles. The van der Waals surface area contributed by atoms with Gasteiger partial charge in [-0.05, 0) is 32.2 Å². The first-order valence-corrected chi connectivity index (χ1v) is 8.20. The number of Topliss-reactive ketones (excluding diaryl/α,β-unsaturated/α-hetero) is 1. The van der Waals surface area contributed by atoms with Crippen molar-refractivity contribution in [1.82, 2.24) is 4.90 Å². The van der Waals surface area contributed by atoms with E-state index in [1.807, 2.05) is 0 Å². The van der Waals surface area contributed by atoms with Gasteiger partial charge in [0, 0.05) is 6.54 Å². The number of ketones is 1. The maximum absolute atomic E-state index is 12.6. The molecule has 3 atom stereocenters. The van der Waals surface area contributed by atoms with E-state index >= 15 is 0 Å². The Morgan fingerprint density at radius 1 is 1.08 bits per heavy atom. The third-order valence-electron chi connectivity index (χ3n) is 4.43. The number of carbonyl (C=O) groups is 4. The van der Waals surface area contributed by atoms with Crippen LogP contribution >= 0.6 is 0 Å². The Morgan fingerprint density at radius 3 is 2.24 bits per heavy atom. The minimum absolute atomic E-state index is 0.0568. The van der Waals surface area contributed by atoms with E-state index in [2.05, 4.69) is 0 Å². The second-order valence-corrected chi connectivity index (χ2v) is 6.22. The summed E-state index contributed by atoms with van der Waals surface area (Å²) in [5.41, 5.74) is 14.7. The molecule has 1 rings (SSSR count). The first kappa shape index (κ1) is 21.0. The number of hydrogen-bond donors (Lipinski definition) is 5. The summed E-state index contributed by atoms with van der Waals surface area (Å²) in [4.78, 5) is 48.8. The zero-order valence-corrected chi connectivity index (χ0v) is 14.0. The summed E-state index contributed by atoms with van der Waals surface area (Å²) < 4.78 is 0. The summed E-state index contributed by atoms with van der Waals surface area (Å²) in [6.45, 7) is 0.507. The maximum atomic E-state index is 12.6. The van der Waals surface area contributed by atoms with E-state index < -0.39 is 47.7 Å². The summed E-state index contributed by atoms with van der Waals surface area (Å²) in [6, 6.07) is -2.47. The van der Waals surface area contributed by atoms with Crippen LogP contribution in [0.2, 0.25) is 0 Å². The van der Waals surface area contributed by atoms with Crippen LogP contribution in [0.5, 0.6) is 0 Å². The molecule has 0 aromatic rings. The lowest BCUT2D eigenvalue weighted by atomic mass is 9.85. The normalized spacial score (nSPS) is 22.4. The van der Waals surface area contributed by atoms with Gasteiger partial charge < -0.3 is 32.3 Å². The molecule has 1 amide bonds. The van der Waals surface area contributed by atoms with Gasteiger partial charge in [-0.15, -0.1) is 0 Å². The smallest absolute Gasteiger partial charge is 0.337 e. The lowest BCUT2D eigenvalue weighted by Crippen LogP contribution is -2.64. The van der Waals surface area contributed by atoms with Gasteiger partial charge in [0.15, 0.2) is 5.78 Å². The largest absolute Gasteiger partial charge is 0.481 e. The van der Waals surface area contributed by atoms with Crippen molar-refractivity contribution in [2.45, 2.75) is 56.1 Å². The van der Waals surface area contributed by atoms with Crippen LogP contribution in [0.3, 0.4) is 0 Å². The van der Waals surface area contributed by atoms with Gasteiger partial charge in [0.05, 0.1) is 18.5 Å². The molecule has 0 saturated carbocycles. The molecule has 0 spiro atoms. The van der Waals surface area contributed by atoms with Crippen LogP contribution in [0.25, 0.3) is 0 Å². The highest BCUT2D eigenvalue weighted by molar-refractivity contribution is 6.13. The molecule has 10 nitrogen and oxygen atoms in total. The zero-order chi connectivity index (χ0) is 19.2. The number of carbonyl (C=O) groups excluding carboxylic acids is 2. The number of unbranched alkanes of at least 4 members (excludes halogenated alkanes) is 1. The number of aliphatic carboxylic acids is 2. The van der Waals surface area contributed by atoms with Crippen molar-refractivity contribution in [2.75, 3.05) is 13.1 Å². The molecular weight excluding hydrogens is 332 g/mol. The number of nitrogens with two attached hydrogens (primary N) is 3. The Labute approximate surface area is 145 Å². The Hall–Kier alpha value is -2.04. The van der Waals surface area contributed by atoms with E-state index in [-0.39, 0.29) is 13.0 Å². The second-order valence-electron chi connectivity index (χ2n) is 6.22. The molecule has 25 heavy (non-hydrogen) atoms. The number of amides is 1. The molecule has 1 saturated heterocycles. The SMILES string of the molecule is NCCCCC(N)C(=O)N1CCCC1(C(=O)O)C(=O)C(N)CC(=O)O. The number of nitrogens with zero attached hydrogens (tertiary/aromatic N) is 1. The second kappa shape index (κ2) is 8.88. The van der Waals surface area contributed by atoms with Crippen molar-refractivity contribution in [1.29, 1.82) is 0 Å². The highest BCUT2D eigenvalue weighted by Crippen LogP contribution is 2.33. The van der Waals surface area contributed by atoms with E-state index in [4.69, 9.17) is 22.3 Å². The van der Waals surface area contributed by atoms with E-state index in [0.29, 0.717) is 32.2 Å². The molecule has 1 aliphatic heterocycles. The van der Waals surface area contributed by atoms with E-state index in [0.717, 1.165) is 4.90 Å². The van der Waals surface area contributed by atoms with Gasteiger partial charge in [-0.25, -0.2) is 4.79 Å². The average Bonchev–Trinajstić information content (AvgIpc) is 2.98. The lowest BCUT2D eigenvalue weighted by Gasteiger charge is -2.36. The lowest BCUT2D eigenvalue weighted by molar-refractivity contribution is -0.163. The summed E-state index contributed by atoms with van der Waals surface area (Å²) in [7, 11) is 0. The van der Waals surface area contributed by atoms with Crippen molar-refractivity contribution >= 4 is 23.6 Å². The minimum Gasteiger partial charge on any atom is -0.481 e. The minimum atomic E-state index is -2.16. The Morgan fingerprint density at radius 2 is 1.72 bits per heavy atom. The number of hydrogen-bond acceptors (Lipinski definition) is 7. The molecule has 3 unspecified atom stereocenters. The van der Waals surface area contributed by atoms with Crippen LogP contribution in [-0.4, -0.2) is 69.5 Å². The van der Waals surface area contributed by atoms with E-state index in [9.17, 15) is 24.3 Å². The molecule has 0 aromatic carbocycles. The van der Waals surface area contributed by atoms with Crippen molar-refractivity contribution in [3.05, 3.63) is 0 Å². The third-order valence-corrected chi connectivity index (χ3v) is 4.43. The highest BCUT2D eigenvalue weighted by Gasteiger charge is 2.57. The fourth-order valence-electron chi connectivity index (χ4n) is 3.12. The zero-order valence-electron chi connectivity index (χ0n) is 14.0. The first-order chi connectivity index (χ1) is 11.7. The van der Waals surface area contributed by atoms with Gasteiger partial charge in [0.1, 0.15) is 0 Å². The van der Waals surface area contributed by atoms with Crippen molar-refractivity contribution < 1.29 is 29.4 Å². The van der Waals surface area contributed by atoms with Crippen molar-refractivity contribution in [3.8, 4) is 0 Å². The third kappa shape index (κ3) is 4.53. The predicted molar refractivity (Wildman–Crippen MR) is 87.4 cm³/mol. The maximum Gasteiger partial charge on any atom is 0.337 e. The van der Waals surface area contributed by atoms with Crippen LogP contribution in [0.15, 0.2) is 0 Å². The van der Waals surface area contributed by atoms with Gasteiger partial charge in [-0.2, -0.15) is 0 Å². The standard InChI is InChI=1S/C15H26N4O6/c16-6-2-1-4-9(17)13(23)19-7-3-5-15(19,14(24)25)12(22)10(18)8-11(20)21/h9-10H,1-8,16-18H2,(H,20,21)(H,24,25). The van der Waals surface area contributed by atoms with E-state index in [1.165, 1.54) is 0 Å². The van der Waals surface area contributed by atoms with Crippen molar-refractivity contribution in [3.63, 3.8) is 0 Å². The Bertz CT molecular complexity index is 540. The van der Waals surface area contributed by atoms with Crippen molar-refractivity contribution in [2.24, 2.45) is 17.2 Å². The molecule has 1 fully saturated rings. The van der Waals surface area contributed by atoms with Crippen LogP contribution in [-0.2, 0) is 19.2 Å². The number of likely N-dealkylation sites (tertiary alicyclic amines) is 1. The molecule has 8 N–H and O–H groups in total. The molecule has 1 aliphatic rings. The van der Waals surface area contributed by atoms with Gasteiger partial charge in [-0.3, -0.25) is 14.4 Å². The molecule has 10 heteroatoms. The molecule has 1 heterocycles. The number of rotatable bonds is 10. The molecule has 0 bridgehead atoms. The van der Waals surface area contributed by atoms with Crippen LogP contribution in [0, 0.1) is 0 Å². The van der Waals surface area contributed by atoms with Crippen LogP contribution in [0.1, 0.15) is 38.5 Å². The fourth-order valence-corrected chi connectivity index (χ4v) is 3.12. The quantitative estimate of drug-likeness (QED) is 0.223. The van der Waals surface area contributed by atoms with Gasteiger partial charge in [-0.1, -0.05) is 6.42 Å². The fraction of sp³-hybridized carbons (Fsp3) is 0.733. The first-order valence-electron chi connectivity index (χ1n) is 8.20. The summed E-state index contributed by atoms with van der Waals surface area (Å²) >= 11 is 0. The van der Waals surface area contributed by atoms with Gasteiger partial charge >= 0.3 is 11.9 Å². The van der Waals surface area contributed by atoms with Crippen LogP contribution in [0.4, 0.5) is 0 Å². The van der Waals surface area contributed by atoms with Crippen LogP contribution < -0.4 is 17.2 Å². The number of carboxylic acids is 2. The summed E-state index contributed by atoms with van der Waals surface area (Å²) in [5, 5.41) is 18.4. The molecule has 0 aromatic heterocycles. The molecule has 0 radical (unpaired) electrons. The van der Waals surface area contributed by atoms with E-state index in [1.54, 1.807) is 0 Å². The Kier molecular flexibility index (Phi) is 7.46. The summed E-state index contributed by atoms with van der Waals surface area (Å²) in [5.74, 6) is -4.47. The van der Waals surface area contributed by atoms with Gasteiger partial charge in [0.2, 0.25) is 11.4 Å². The number of carboxylic acid groups (broad SMARTS) is 2. The predicted octanol–water partition coefficient (Wildman–Crippen LogP) is -1.74. The topological polar surface area (TPSA) is 190 Å². The average molecular weight is 358 g/mol. The highest BCUT2D eigenvalue weighted by atomic mass is 16.4. The summed E-state index contributed by atoms with van der Waals surface area (Å²) in [6.07, 6.45) is 1.06. The monoisotopic (exact) mass is 358 g/mol. The molecular formula is C15H26N4O6. The Balaban J connectivity index is 3.04. The molecule has 142 valence electrons. The van der Waals surface area contributed by atoms with Gasteiger partial charge in [0.25, 0.3) is 0 Å².